The van der Waals surface area contributed by atoms with Gasteiger partial charge in [-0.2, -0.15) is 0 Å². The number of aromatic amines is 1. The van der Waals surface area contributed by atoms with Crippen LogP contribution in [0.3, 0.4) is 0 Å². The van der Waals surface area contributed by atoms with Crippen LogP contribution in [0, 0.1) is 11.6 Å². The third kappa shape index (κ3) is 5.13. The molecule has 0 unspecified atom stereocenters. The maximum absolute atomic E-state index is 13.7. The number of amides is 1. The van der Waals surface area contributed by atoms with Crippen LogP contribution >= 0.6 is 15.9 Å². The van der Waals surface area contributed by atoms with Crippen molar-refractivity contribution in [2.45, 2.75) is 6.54 Å². The van der Waals surface area contributed by atoms with E-state index in [0.717, 1.165) is 27.4 Å². The fourth-order valence-corrected chi connectivity index (χ4v) is 4.72. The van der Waals surface area contributed by atoms with Crippen molar-refractivity contribution < 1.29 is 23.1 Å². The minimum Gasteiger partial charge on any atom is -0.497 e. The van der Waals surface area contributed by atoms with Crippen LogP contribution in [0.2, 0.25) is 0 Å². The van der Waals surface area contributed by atoms with E-state index < -0.39 is 17.5 Å². The quantitative estimate of drug-likeness (QED) is 0.186. The highest BCUT2D eigenvalue weighted by Crippen LogP contribution is 2.38. The van der Waals surface area contributed by atoms with Crippen molar-refractivity contribution >= 4 is 44.2 Å². The van der Waals surface area contributed by atoms with Crippen molar-refractivity contribution in [3.05, 3.63) is 117 Å². The first-order chi connectivity index (χ1) is 18.8. The smallest absolute Gasteiger partial charge is 0.255 e. The lowest BCUT2D eigenvalue weighted by atomic mass is 9.92. The Labute approximate surface area is 230 Å². The lowest BCUT2D eigenvalue weighted by Crippen LogP contribution is -2.24. The van der Waals surface area contributed by atoms with Gasteiger partial charge in [0.05, 0.1) is 18.4 Å². The number of nitrogens with one attached hydrogen (secondary N) is 2. The van der Waals surface area contributed by atoms with E-state index in [-0.39, 0.29) is 29.4 Å². The normalized spacial score (nSPS) is 11.0. The Hall–Kier alpha value is -4.50. The fraction of sp³-hybridized carbons (Fsp3) is 0.0667. The summed E-state index contributed by atoms with van der Waals surface area (Å²) < 4.78 is 33.3. The van der Waals surface area contributed by atoms with Gasteiger partial charge in [0.1, 0.15) is 11.6 Å². The molecule has 4 N–H and O–H groups in total. The molecule has 5 rings (SSSR count). The molecule has 39 heavy (non-hydrogen) atoms. The number of hydrogen-bond donors (Lipinski definition) is 3. The molecule has 4 aromatic carbocycles. The lowest BCUT2D eigenvalue weighted by Gasteiger charge is -2.13. The van der Waals surface area contributed by atoms with E-state index in [4.69, 9.17) is 10.5 Å². The van der Waals surface area contributed by atoms with Gasteiger partial charge in [-0.3, -0.25) is 9.59 Å². The van der Waals surface area contributed by atoms with Crippen molar-refractivity contribution in [1.82, 2.24) is 10.3 Å². The number of carbonyl (C=O) groups is 2. The standard InChI is InChI=1S/C30H22BrF2N3O3/c1-39-20-11-8-17-3-2-4-21(22(17)14-20)25-26(30(38)35-15-16-5-12-23(32)24(33)13-16)29(34)36-27(25)28(37)18-6-9-19(31)10-7-18/h2-14,36H,15,34H2,1H3,(H,35,38). The van der Waals surface area contributed by atoms with Crippen molar-refractivity contribution in [2.24, 2.45) is 0 Å². The van der Waals surface area contributed by atoms with E-state index in [0.29, 0.717) is 28.0 Å². The van der Waals surface area contributed by atoms with Gasteiger partial charge in [-0.1, -0.05) is 46.3 Å². The number of fused-ring (bicyclic) bond motifs is 1. The predicted octanol–water partition coefficient (Wildman–Crippen LogP) is 6.63. The number of H-pyrrole nitrogens is 1. The van der Waals surface area contributed by atoms with Crippen molar-refractivity contribution in [1.29, 1.82) is 0 Å². The molecule has 196 valence electrons. The molecule has 1 amide bonds. The average molecular weight is 590 g/mol. The lowest BCUT2D eigenvalue weighted by molar-refractivity contribution is 0.0952. The summed E-state index contributed by atoms with van der Waals surface area (Å²) in [4.78, 5) is 30.2. The Morgan fingerprint density at radius 3 is 2.46 bits per heavy atom. The van der Waals surface area contributed by atoms with Crippen molar-refractivity contribution in [3.8, 4) is 16.9 Å². The van der Waals surface area contributed by atoms with Crippen LogP contribution < -0.4 is 15.8 Å². The van der Waals surface area contributed by atoms with E-state index >= 15 is 0 Å². The van der Waals surface area contributed by atoms with Gasteiger partial charge in [0.15, 0.2) is 11.6 Å². The van der Waals surface area contributed by atoms with E-state index in [9.17, 15) is 18.4 Å². The zero-order valence-electron chi connectivity index (χ0n) is 20.6. The van der Waals surface area contributed by atoms with Gasteiger partial charge >= 0.3 is 0 Å². The van der Waals surface area contributed by atoms with Crippen LogP contribution in [0.5, 0.6) is 5.75 Å². The summed E-state index contributed by atoms with van der Waals surface area (Å²) in [6, 6.07) is 21.3. The highest BCUT2D eigenvalue weighted by molar-refractivity contribution is 9.10. The number of rotatable bonds is 7. The predicted molar refractivity (Wildman–Crippen MR) is 150 cm³/mol. The van der Waals surface area contributed by atoms with Crippen molar-refractivity contribution in [3.63, 3.8) is 0 Å². The molecule has 6 nitrogen and oxygen atoms in total. The molecule has 1 heterocycles. The van der Waals surface area contributed by atoms with Gasteiger partial charge in [-0.15, -0.1) is 0 Å². The minimum absolute atomic E-state index is 0.00634. The van der Waals surface area contributed by atoms with Crippen LogP contribution in [0.4, 0.5) is 14.6 Å². The number of aromatic nitrogens is 1. The van der Waals surface area contributed by atoms with Gasteiger partial charge in [-0.25, -0.2) is 8.78 Å². The summed E-state index contributed by atoms with van der Waals surface area (Å²) in [5.74, 6) is -2.35. The summed E-state index contributed by atoms with van der Waals surface area (Å²) in [7, 11) is 1.55. The Bertz CT molecular complexity index is 1730. The molecule has 0 aliphatic heterocycles. The second-order valence-electron chi connectivity index (χ2n) is 8.82. The monoisotopic (exact) mass is 589 g/mol. The Kier molecular flexibility index (Phi) is 7.17. The Morgan fingerprint density at radius 2 is 1.74 bits per heavy atom. The topological polar surface area (TPSA) is 97.2 Å². The number of nitrogen functional groups attached to an aromatic ring is 1. The number of anilines is 1. The number of halogens is 3. The van der Waals surface area contributed by atoms with Crippen LogP contribution in [0.1, 0.15) is 32.0 Å². The molecule has 0 atom stereocenters. The Morgan fingerprint density at radius 1 is 0.974 bits per heavy atom. The molecule has 1 aromatic heterocycles. The first-order valence-electron chi connectivity index (χ1n) is 11.9. The van der Waals surface area contributed by atoms with E-state index in [1.54, 1.807) is 37.4 Å². The van der Waals surface area contributed by atoms with E-state index in [1.165, 1.54) is 6.07 Å². The number of carbonyl (C=O) groups excluding carboxylic acids is 2. The highest BCUT2D eigenvalue weighted by atomic mass is 79.9. The third-order valence-corrected chi connectivity index (χ3v) is 6.91. The van der Waals surface area contributed by atoms with Crippen LogP contribution in [-0.4, -0.2) is 23.8 Å². The first-order valence-corrected chi connectivity index (χ1v) is 12.7. The largest absolute Gasteiger partial charge is 0.497 e. The second kappa shape index (κ2) is 10.7. The van der Waals surface area contributed by atoms with Crippen LogP contribution in [-0.2, 0) is 6.54 Å². The molecule has 5 aromatic rings. The Balaban J connectivity index is 1.66. The molecule has 0 spiro atoms. The van der Waals surface area contributed by atoms with Crippen LogP contribution in [0.15, 0.2) is 83.3 Å². The zero-order valence-corrected chi connectivity index (χ0v) is 22.2. The zero-order chi connectivity index (χ0) is 27.7. The van der Waals surface area contributed by atoms with E-state index in [1.807, 2.05) is 30.3 Å². The molecule has 0 saturated heterocycles. The molecule has 9 heteroatoms. The number of methoxy groups -OCH3 is 1. The maximum Gasteiger partial charge on any atom is 0.255 e. The highest BCUT2D eigenvalue weighted by Gasteiger charge is 2.28. The molecule has 0 aliphatic carbocycles. The summed E-state index contributed by atoms with van der Waals surface area (Å²) >= 11 is 3.37. The SMILES string of the molecule is COc1ccc2cccc(-c3c(C(=O)c4ccc(Br)cc4)[nH]c(N)c3C(=O)NCc3ccc(F)c(F)c3)c2c1. The average Bonchev–Trinajstić information content (AvgIpc) is 3.29. The number of nitrogens with two attached hydrogens (primary N) is 1. The van der Waals surface area contributed by atoms with Crippen LogP contribution in [0.25, 0.3) is 21.9 Å². The van der Waals surface area contributed by atoms with Gasteiger partial charge in [0, 0.05) is 22.1 Å². The van der Waals surface area contributed by atoms with Gasteiger partial charge in [0.2, 0.25) is 5.78 Å². The van der Waals surface area contributed by atoms with E-state index in [2.05, 4.69) is 26.2 Å². The van der Waals surface area contributed by atoms with Gasteiger partial charge < -0.3 is 20.8 Å². The van der Waals surface area contributed by atoms with Gasteiger partial charge in [-0.05, 0) is 70.4 Å². The number of hydrogen-bond acceptors (Lipinski definition) is 4. The fourth-order valence-electron chi connectivity index (χ4n) is 4.46. The molecule has 0 saturated carbocycles. The molecular formula is C30H22BrF2N3O3. The summed E-state index contributed by atoms with van der Waals surface area (Å²) in [6.45, 7) is -0.0839. The number of ketones is 1. The van der Waals surface area contributed by atoms with Crippen molar-refractivity contribution in [2.75, 3.05) is 12.8 Å². The molecule has 0 radical (unpaired) electrons. The molecule has 0 bridgehead atoms. The first kappa shape index (κ1) is 26.1. The number of ether oxygens (including phenoxy) is 1. The minimum atomic E-state index is -1.02. The summed E-state index contributed by atoms with van der Waals surface area (Å²) in [5.41, 5.74) is 8.20. The summed E-state index contributed by atoms with van der Waals surface area (Å²) in [6.07, 6.45) is 0. The molecule has 0 fully saturated rings. The van der Waals surface area contributed by atoms with Gasteiger partial charge in [0.25, 0.3) is 5.91 Å². The molecule has 0 aliphatic rings. The third-order valence-electron chi connectivity index (χ3n) is 6.39. The maximum atomic E-state index is 13.7. The molecular weight excluding hydrogens is 568 g/mol. The second-order valence-corrected chi connectivity index (χ2v) is 9.74. The summed E-state index contributed by atoms with van der Waals surface area (Å²) in [5, 5.41) is 4.32. The number of benzene rings is 4.